The van der Waals surface area contributed by atoms with Crippen molar-refractivity contribution in [3.05, 3.63) is 28.3 Å². The maximum atomic E-state index is 11.0. The predicted molar refractivity (Wildman–Crippen MR) is 71.6 cm³/mol. The highest BCUT2D eigenvalue weighted by Crippen LogP contribution is 2.32. The van der Waals surface area contributed by atoms with Crippen LogP contribution in [0.3, 0.4) is 0 Å². The summed E-state index contributed by atoms with van der Waals surface area (Å²) < 4.78 is 4.98. The molecule has 1 aromatic rings. The van der Waals surface area contributed by atoms with Crippen LogP contribution >= 0.6 is 0 Å². The fourth-order valence-corrected chi connectivity index (χ4v) is 2.41. The van der Waals surface area contributed by atoms with Crippen LogP contribution in [0.5, 0.6) is 5.75 Å². The van der Waals surface area contributed by atoms with Gasteiger partial charge in [-0.2, -0.15) is 0 Å². The molecule has 0 unspecified atom stereocenters. The summed E-state index contributed by atoms with van der Waals surface area (Å²) in [6.07, 6.45) is 3.49. The van der Waals surface area contributed by atoms with Gasteiger partial charge >= 0.3 is 0 Å². The van der Waals surface area contributed by atoms with E-state index in [-0.39, 0.29) is 5.69 Å². The lowest BCUT2D eigenvalue weighted by Gasteiger charge is -2.23. The molecule has 1 aliphatic carbocycles. The minimum absolute atomic E-state index is 0.0408. The van der Waals surface area contributed by atoms with Crippen LogP contribution in [-0.2, 0) is 0 Å². The van der Waals surface area contributed by atoms with E-state index in [1.807, 2.05) is 0 Å². The number of aliphatic hydroxyl groups is 1. The average molecular weight is 266 g/mol. The molecule has 0 bridgehead atoms. The third-order valence-electron chi connectivity index (χ3n) is 3.54. The Morgan fingerprint density at radius 1 is 1.47 bits per heavy atom. The molecule has 1 saturated carbocycles. The van der Waals surface area contributed by atoms with Gasteiger partial charge in [-0.25, -0.2) is 0 Å². The number of anilines is 1. The Balaban J connectivity index is 2.13. The Hall–Kier alpha value is -1.82. The van der Waals surface area contributed by atoms with Crippen LogP contribution in [0.1, 0.15) is 25.7 Å². The number of methoxy groups -OCH3 is 1. The van der Waals surface area contributed by atoms with E-state index < -0.39 is 10.5 Å². The third-order valence-corrected chi connectivity index (χ3v) is 3.54. The van der Waals surface area contributed by atoms with Gasteiger partial charge in [-0.1, -0.05) is 12.8 Å². The highest BCUT2D eigenvalue weighted by molar-refractivity contribution is 5.64. The van der Waals surface area contributed by atoms with Crippen molar-refractivity contribution in [1.29, 1.82) is 0 Å². The Kier molecular flexibility index (Phi) is 3.90. The minimum atomic E-state index is -0.742. The van der Waals surface area contributed by atoms with Crippen molar-refractivity contribution in [3.8, 4) is 5.75 Å². The average Bonchev–Trinajstić information content (AvgIpc) is 2.83. The van der Waals surface area contributed by atoms with Crippen molar-refractivity contribution in [2.75, 3.05) is 19.0 Å². The Labute approximate surface area is 111 Å². The minimum Gasteiger partial charge on any atom is -0.496 e. The monoisotopic (exact) mass is 266 g/mol. The molecule has 6 nitrogen and oxygen atoms in total. The molecular weight excluding hydrogens is 248 g/mol. The molecule has 2 N–H and O–H groups in total. The third kappa shape index (κ3) is 3.14. The number of nitrogens with one attached hydrogen (secondary N) is 1. The molecule has 19 heavy (non-hydrogen) atoms. The van der Waals surface area contributed by atoms with Gasteiger partial charge in [0.2, 0.25) is 0 Å². The van der Waals surface area contributed by atoms with Gasteiger partial charge in [-0.15, -0.1) is 0 Å². The van der Waals surface area contributed by atoms with E-state index in [1.54, 1.807) is 12.1 Å². The second-order valence-corrected chi connectivity index (χ2v) is 4.93. The summed E-state index contributed by atoms with van der Waals surface area (Å²) in [7, 11) is 1.47. The van der Waals surface area contributed by atoms with Crippen LogP contribution in [0.4, 0.5) is 11.4 Å². The predicted octanol–water partition coefficient (Wildman–Crippen LogP) is 2.32. The molecule has 0 atom stereocenters. The Bertz CT molecular complexity index is 470. The lowest BCUT2D eigenvalue weighted by Crippen LogP contribution is -2.33. The van der Waals surface area contributed by atoms with Gasteiger partial charge in [0.15, 0.2) is 0 Å². The molecule has 104 valence electrons. The number of rotatable bonds is 5. The van der Waals surface area contributed by atoms with Gasteiger partial charge < -0.3 is 15.2 Å². The zero-order chi connectivity index (χ0) is 13.9. The summed E-state index contributed by atoms with van der Waals surface area (Å²) in [5, 5.41) is 24.2. The van der Waals surface area contributed by atoms with E-state index in [9.17, 15) is 15.2 Å². The second-order valence-electron chi connectivity index (χ2n) is 4.93. The number of ether oxygens (including phenoxy) is 1. The first-order valence-corrected chi connectivity index (χ1v) is 6.33. The molecule has 0 spiro atoms. The zero-order valence-electron chi connectivity index (χ0n) is 10.9. The highest BCUT2D eigenvalue weighted by atomic mass is 16.6. The van der Waals surface area contributed by atoms with Crippen molar-refractivity contribution in [2.45, 2.75) is 31.3 Å². The van der Waals surface area contributed by atoms with E-state index in [0.717, 1.165) is 25.7 Å². The van der Waals surface area contributed by atoms with Gasteiger partial charge in [-0.05, 0) is 25.0 Å². The van der Waals surface area contributed by atoms with E-state index in [1.165, 1.54) is 13.2 Å². The van der Waals surface area contributed by atoms with E-state index in [4.69, 9.17) is 4.74 Å². The van der Waals surface area contributed by atoms with Crippen LogP contribution in [0.25, 0.3) is 0 Å². The molecule has 0 aromatic heterocycles. The fourth-order valence-electron chi connectivity index (χ4n) is 2.41. The van der Waals surface area contributed by atoms with Crippen LogP contribution in [0, 0.1) is 10.1 Å². The molecule has 1 aliphatic rings. The molecule has 0 radical (unpaired) electrons. The normalized spacial score (nSPS) is 17.2. The highest BCUT2D eigenvalue weighted by Gasteiger charge is 2.31. The fraction of sp³-hybridized carbons (Fsp3) is 0.538. The van der Waals surface area contributed by atoms with Crippen molar-refractivity contribution < 1.29 is 14.8 Å². The Morgan fingerprint density at radius 2 is 2.16 bits per heavy atom. The molecular formula is C13H18N2O4. The zero-order valence-corrected chi connectivity index (χ0v) is 10.9. The maximum absolute atomic E-state index is 11.0. The van der Waals surface area contributed by atoms with Gasteiger partial charge in [0.25, 0.3) is 5.69 Å². The second kappa shape index (κ2) is 5.44. The van der Waals surface area contributed by atoms with E-state index in [2.05, 4.69) is 5.32 Å². The van der Waals surface area contributed by atoms with E-state index >= 15 is 0 Å². The molecule has 6 heteroatoms. The molecule has 1 aromatic carbocycles. The van der Waals surface area contributed by atoms with Crippen LogP contribution < -0.4 is 10.1 Å². The topological polar surface area (TPSA) is 84.6 Å². The van der Waals surface area contributed by atoms with Crippen LogP contribution in [-0.4, -0.2) is 29.3 Å². The molecule has 0 amide bonds. The van der Waals surface area contributed by atoms with Crippen molar-refractivity contribution in [2.24, 2.45) is 0 Å². The summed E-state index contributed by atoms with van der Waals surface area (Å²) in [6, 6.07) is 4.64. The number of benzene rings is 1. The molecule has 1 fully saturated rings. The number of nitro benzene ring substituents is 1. The summed E-state index contributed by atoms with van der Waals surface area (Å²) in [4.78, 5) is 10.6. The van der Waals surface area contributed by atoms with E-state index in [0.29, 0.717) is 18.0 Å². The van der Waals surface area contributed by atoms with Gasteiger partial charge in [0.1, 0.15) is 11.4 Å². The number of hydrogen-bond acceptors (Lipinski definition) is 5. The number of hydrogen-bond donors (Lipinski definition) is 2. The molecule has 0 aliphatic heterocycles. The summed E-state index contributed by atoms with van der Waals surface area (Å²) in [5.74, 6) is 0.442. The summed E-state index contributed by atoms with van der Waals surface area (Å²) in [6.45, 7) is 0.334. The maximum Gasteiger partial charge on any atom is 0.296 e. The Morgan fingerprint density at radius 3 is 2.74 bits per heavy atom. The van der Waals surface area contributed by atoms with Gasteiger partial charge in [0, 0.05) is 6.54 Å². The first-order valence-electron chi connectivity index (χ1n) is 6.33. The largest absolute Gasteiger partial charge is 0.496 e. The lowest BCUT2D eigenvalue weighted by molar-refractivity contribution is -0.384. The van der Waals surface area contributed by atoms with Crippen LogP contribution in [0.2, 0.25) is 0 Å². The SMILES string of the molecule is COc1ccc(NCC2(O)CCCC2)c([N+](=O)[O-])c1. The molecule has 2 rings (SSSR count). The summed E-state index contributed by atoms with van der Waals surface area (Å²) in [5.41, 5.74) is -0.375. The number of nitro groups is 1. The van der Waals surface area contributed by atoms with Crippen molar-refractivity contribution in [1.82, 2.24) is 0 Å². The first-order chi connectivity index (χ1) is 9.04. The van der Waals surface area contributed by atoms with Crippen molar-refractivity contribution in [3.63, 3.8) is 0 Å². The smallest absolute Gasteiger partial charge is 0.296 e. The quantitative estimate of drug-likeness (QED) is 0.631. The number of nitrogens with zero attached hydrogens (tertiary/aromatic N) is 1. The van der Waals surface area contributed by atoms with Gasteiger partial charge in [0.05, 0.1) is 23.7 Å². The molecule has 0 saturated heterocycles. The van der Waals surface area contributed by atoms with Gasteiger partial charge in [-0.3, -0.25) is 10.1 Å². The standard InChI is InChI=1S/C13H18N2O4/c1-19-10-4-5-11(12(8-10)15(17)18)14-9-13(16)6-2-3-7-13/h4-5,8,14,16H,2-3,6-7,9H2,1H3. The first kappa shape index (κ1) is 13.6. The van der Waals surface area contributed by atoms with Crippen LogP contribution in [0.15, 0.2) is 18.2 Å². The summed E-state index contributed by atoms with van der Waals surface area (Å²) >= 11 is 0. The molecule has 0 heterocycles. The lowest BCUT2D eigenvalue weighted by atomic mass is 10.0. The van der Waals surface area contributed by atoms with Crippen molar-refractivity contribution >= 4 is 11.4 Å².